The van der Waals surface area contributed by atoms with E-state index in [0.717, 1.165) is 30.4 Å². The van der Waals surface area contributed by atoms with Gasteiger partial charge >= 0.3 is 0 Å². The lowest BCUT2D eigenvalue weighted by Crippen LogP contribution is -2.46. The summed E-state index contributed by atoms with van der Waals surface area (Å²) in [5, 5.41) is 0. The van der Waals surface area contributed by atoms with E-state index < -0.39 is 0 Å². The Kier molecular flexibility index (Phi) is 3.93. The monoisotopic (exact) mass is 314 g/mol. The van der Waals surface area contributed by atoms with Crippen LogP contribution < -0.4 is 0 Å². The molecule has 0 radical (unpaired) electrons. The molecular weight excluding hydrogens is 284 g/mol. The average molecular weight is 314 g/mol. The van der Waals surface area contributed by atoms with E-state index in [-0.39, 0.29) is 35.0 Å². The van der Waals surface area contributed by atoms with Crippen molar-refractivity contribution in [3.63, 3.8) is 0 Å². The summed E-state index contributed by atoms with van der Waals surface area (Å²) in [4.78, 5) is 25.8. The molecule has 0 N–H and O–H groups in total. The maximum absolute atomic E-state index is 13.3. The zero-order chi connectivity index (χ0) is 17.1. The molecule has 23 heavy (non-hydrogen) atoms. The van der Waals surface area contributed by atoms with E-state index in [2.05, 4.69) is 27.0 Å². The van der Waals surface area contributed by atoms with Gasteiger partial charge in [-0.15, -0.1) is 0 Å². The zero-order valence-corrected chi connectivity index (χ0v) is 15.0. The highest BCUT2D eigenvalue weighted by molar-refractivity contribution is 5.92. The third-order valence-electron chi connectivity index (χ3n) is 7.19. The molecule has 0 unspecified atom stereocenters. The Morgan fingerprint density at radius 2 is 1.78 bits per heavy atom. The van der Waals surface area contributed by atoms with Crippen LogP contribution in [0, 0.1) is 40.9 Å². The van der Waals surface area contributed by atoms with Crippen LogP contribution in [0.2, 0.25) is 0 Å². The third-order valence-corrected chi connectivity index (χ3v) is 7.19. The van der Waals surface area contributed by atoms with Crippen molar-refractivity contribution >= 4 is 11.6 Å². The summed E-state index contributed by atoms with van der Waals surface area (Å²) in [6, 6.07) is 0. The van der Waals surface area contributed by atoms with Crippen LogP contribution in [0.5, 0.6) is 0 Å². The lowest BCUT2D eigenvalue weighted by atomic mass is 9.58. The fourth-order valence-corrected chi connectivity index (χ4v) is 5.23. The van der Waals surface area contributed by atoms with E-state index in [9.17, 15) is 9.59 Å². The molecule has 3 saturated carbocycles. The van der Waals surface area contributed by atoms with Gasteiger partial charge in [0.05, 0.1) is 0 Å². The molecule has 0 aromatic rings. The van der Waals surface area contributed by atoms with Crippen molar-refractivity contribution in [1.29, 1.82) is 0 Å². The highest BCUT2D eigenvalue weighted by Gasteiger charge is 2.64. The van der Waals surface area contributed by atoms with Crippen molar-refractivity contribution in [3.8, 4) is 0 Å². The second kappa shape index (κ2) is 5.43. The fraction of sp³-hybridized carbons (Fsp3) is 0.714. The van der Waals surface area contributed by atoms with Crippen LogP contribution in [0.1, 0.15) is 53.4 Å². The van der Waals surface area contributed by atoms with Crippen LogP contribution >= 0.6 is 0 Å². The Morgan fingerprint density at radius 1 is 1.13 bits per heavy atom. The number of ketones is 2. The van der Waals surface area contributed by atoms with Crippen molar-refractivity contribution in [3.05, 3.63) is 24.3 Å². The number of fused-ring (bicyclic) bond motifs is 1. The minimum atomic E-state index is -0.116. The highest BCUT2D eigenvalue weighted by Crippen LogP contribution is 2.64. The number of rotatable bonds is 3. The molecule has 0 bridgehead atoms. The normalized spacial score (nSPS) is 46.3. The first-order chi connectivity index (χ1) is 10.7. The van der Waals surface area contributed by atoms with Gasteiger partial charge in [0.1, 0.15) is 11.6 Å². The number of hydrogen-bond acceptors (Lipinski definition) is 2. The highest BCUT2D eigenvalue weighted by atomic mass is 16.1. The van der Waals surface area contributed by atoms with E-state index in [1.807, 2.05) is 13.8 Å². The number of carbonyl (C=O) groups is 2. The van der Waals surface area contributed by atoms with Gasteiger partial charge in [-0.05, 0) is 56.8 Å². The van der Waals surface area contributed by atoms with Crippen molar-refractivity contribution in [2.24, 2.45) is 40.9 Å². The summed E-state index contributed by atoms with van der Waals surface area (Å²) in [5.74, 6) is 1.89. The minimum Gasteiger partial charge on any atom is -0.299 e. The SMILES string of the molecule is C=C(C)[C@H]1CC(=O)[C@@H](C)[C@H]([C@@H]2C(=O)[C@]3(C)C[C@@H]3C[C@H]2C(=C)C)C1. The largest absolute Gasteiger partial charge is 0.299 e. The molecule has 2 nitrogen and oxygen atoms in total. The predicted molar refractivity (Wildman–Crippen MR) is 92.8 cm³/mol. The summed E-state index contributed by atoms with van der Waals surface area (Å²) in [7, 11) is 0. The van der Waals surface area contributed by atoms with E-state index in [0.29, 0.717) is 23.9 Å². The van der Waals surface area contributed by atoms with Crippen molar-refractivity contribution in [1.82, 2.24) is 0 Å². The lowest BCUT2D eigenvalue weighted by Gasteiger charge is -2.44. The molecule has 3 rings (SSSR count). The van der Waals surface area contributed by atoms with E-state index >= 15 is 0 Å². The molecule has 0 spiro atoms. The van der Waals surface area contributed by atoms with Gasteiger partial charge in [-0.25, -0.2) is 0 Å². The molecule has 0 aromatic carbocycles. The molecule has 3 aliphatic rings. The summed E-state index contributed by atoms with van der Waals surface area (Å²) in [6.45, 7) is 16.5. The molecule has 126 valence electrons. The Labute approximate surface area is 140 Å². The molecule has 0 saturated heterocycles. The van der Waals surface area contributed by atoms with Gasteiger partial charge in [0, 0.05) is 23.7 Å². The van der Waals surface area contributed by atoms with Crippen LogP contribution in [0.25, 0.3) is 0 Å². The lowest BCUT2D eigenvalue weighted by molar-refractivity contribution is -0.139. The Balaban J connectivity index is 1.94. The average Bonchev–Trinajstić information content (AvgIpc) is 3.14. The van der Waals surface area contributed by atoms with Crippen LogP contribution in [0.15, 0.2) is 24.3 Å². The summed E-state index contributed by atoms with van der Waals surface area (Å²) in [6.07, 6.45) is 3.65. The summed E-state index contributed by atoms with van der Waals surface area (Å²) in [5.41, 5.74) is 2.09. The first kappa shape index (κ1) is 16.7. The molecule has 2 heteroatoms. The number of allylic oxidation sites excluding steroid dienone is 2. The molecule has 3 aliphatic carbocycles. The maximum Gasteiger partial charge on any atom is 0.143 e. The minimum absolute atomic E-state index is 0.0136. The number of Topliss-reactive ketones (excluding diaryl/α,β-unsaturated/α-hetero) is 2. The molecule has 0 aliphatic heterocycles. The van der Waals surface area contributed by atoms with Gasteiger partial charge in [-0.3, -0.25) is 9.59 Å². The van der Waals surface area contributed by atoms with Gasteiger partial charge < -0.3 is 0 Å². The van der Waals surface area contributed by atoms with Crippen LogP contribution in [-0.2, 0) is 9.59 Å². The van der Waals surface area contributed by atoms with Crippen molar-refractivity contribution < 1.29 is 9.59 Å². The molecule has 0 heterocycles. The zero-order valence-electron chi connectivity index (χ0n) is 15.0. The van der Waals surface area contributed by atoms with Gasteiger partial charge in [0.15, 0.2) is 0 Å². The van der Waals surface area contributed by atoms with Crippen LogP contribution in [-0.4, -0.2) is 11.6 Å². The van der Waals surface area contributed by atoms with Gasteiger partial charge in [0.2, 0.25) is 0 Å². The molecule has 0 amide bonds. The first-order valence-corrected chi connectivity index (χ1v) is 9.04. The Morgan fingerprint density at radius 3 is 2.35 bits per heavy atom. The Hall–Kier alpha value is -1.18. The Bertz CT molecular complexity index is 587. The van der Waals surface area contributed by atoms with Gasteiger partial charge in [0.25, 0.3) is 0 Å². The van der Waals surface area contributed by atoms with Gasteiger partial charge in [-0.2, -0.15) is 0 Å². The van der Waals surface area contributed by atoms with Crippen LogP contribution in [0.4, 0.5) is 0 Å². The number of hydrogen-bond donors (Lipinski definition) is 0. The molecule has 7 atom stereocenters. The topological polar surface area (TPSA) is 34.1 Å². The van der Waals surface area contributed by atoms with Crippen LogP contribution in [0.3, 0.4) is 0 Å². The van der Waals surface area contributed by atoms with Crippen molar-refractivity contribution in [2.45, 2.75) is 53.4 Å². The first-order valence-electron chi connectivity index (χ1n) is 9.04. The third kappa shape index (κ3) is 2.55. The second-order valence-electron chi connectivity index (χ2n) is 8.80. The maximum atomic E-state index is 13.3. The van der Waals surface area contributed by atoms with Crippen molar-refractivity contribution in [2.75, 3.05) is 0 Å². The molecule has 0 aromatic heterocycles. The molecular formula is C21H30O2. The predicted octanol–water partition coefficient (Wildman–Crippen LogP) is 4.60. The smallest absolute Gasteiger partial charge is 0.143 e. The standard InChI is InChI=1S/C21H30O2/c1-11(2)14-7-17(13(5)18(22)8-14)19-16(12(3)4)9-15-10-21(15,6)20(19)23/h13-17,19H,1,3,7-10H2,2,4-6H3/t13-,14+,15-,16-,17+,19+,21+/m0/s1. The van der Waals surface area contributed by atoms with E-state index in [1.54, 1.807) is 0 Å². The summed E-state index contributed by atoms with van der Waals surface area (Å²) < 4.78 is 0. The summed E-state index contributed by atoms with van der Waals surface area (Å²) >= 11 is 0. The van der Waals surface area contributed by atoms with E-state index in [1.165, 1.54) is 0 Å². The quantitative estimate of drug-likeness (QED) is 0.713. The number of carbonyl (C=O) groups excluding carboxylic acids is 2. The molecule has 3 fully saturated rings. The second-order valence-corrected chi connectivity index (χ2v) is 8.80. The fourth-order valence-electron chi connectivity index (χ4n) is 5.23. The van der Waals surface area contributed by atoms with Gasteiger partial charge in [-0.1, -0.05) is 38.2 Å². The van der Waals surface area contributed by atoms with E-state index in [4.69, 9.17) is 0 Å².